The molecule has 3 N–H and O–H groups in total. The van der Waals surface area contributed by atoms with E-state index in [0.29, 0.717) is 12.8 Å². The molecule has 0 spiro atoms. The molecule has 5 nitrogen and oxygen atoms in total. The molecule has 1 atom stereocenters. The van der Waals surface area contributed by atoms with Crippen molar-refractivity contribution < 1.29 is 18.0 Å². The monoisotopic (exact) mass is 304 g/mol. The summed E-state index contributed by atoms with van der Waals surface area (Å²) < 4.78 is 36.6. The summed E-state index contributed by atoms with van der Waals surface area (Å²) in [5.74, 6) is -0.559. The predicted molar refractivity (Wildman–Crippen MR) is 63.7 cm³/mol. The Hall–Kier alpha value is -0.930. The lowest BCUT2D eigenvalue weighted by Gasteiger charge is -2.08. The molecular weight excluding hydrogens is 293 g/mol. The van der Waals surface area contributed by atoms with Crippen LogP contribution in [0.15, 0.2) is 0 Å². The first-order chi connectivity index (χ1) is 7.84. The number of nitrogens with zero attached hydrogens (tertiary/aromatic N) is 2. The first kappa shape index (κ1) is 17.1. The Bertz CT molecular complexity index is 398. The lowest BCUT2D eigenvalue weighted by molar-refractivity contribution is -0.138. The first-order valence-corrected chi connectivity index (χ1v) is 5.63. The summed E-state index contributed by atoms with van der Waals surface area (Å²) in [6, 6.07) is -0.752. The van der Waals surface area contributed by atoms with Crippen LogP contribution in [0, 0.1) is 0 Å². The van der Waals surface area contributed by atoms with Crippen molar-refractivity contribution in [3.63, 3.8) is 0 Å². The van der Waals surface area contributed by atoms with Crippen LogP contribution in [-0.2, 0) is 11.0 Å². The minimum Gasteiger partial charge on any atom is -0.320 e. The minimum absolute atomic E-state index is 0. The molecule has 1 rings (SSSR count). The number of carbonyl (C=O) groups excluding carboxylic acids is 1. The molecule has 0 aliphatic carbocycles. The number of amides is 1. The van der Waals surface area contributed by atoms with Crippen LogP contribution in [0.1, 0.15) is 24.8 Å². The van der Waals surface area contributed by atoms with Crippen molar-refractivity contribution >= 4 is 34.8 Å². The minimum atomic E-state index is -4.55. The number of halogens is 4. The lowest BCUT2D eigenvalue weighted by Crippen LogP contribution is -2.35. The van der Waals surface area contributed by atoms with E-state index in [0.717, 1.165) is 0 Å². The Morgan fingerprint density at radius 3 is 2.56 bits per heavy atom. The van der Waals surface area contributed by atoms with Crippen LogP contribution in [-0.4, -0.2) is 22.1 Å². The molecule has 104 valence electrons. The van der Waals surface area contributed by atoms with Crippen LogP contribution in [0.5, 0.6) is 0 Å². The smallest absolute Gasteiger partial charge is 0.320 e. The molecule has 1 amide bonds. The number of hydrogen-bond acceptors (Lipinski definition) is 5. The molecule has 1 unspecified atom stereocenters. The zero-order valence-corrected chi connectivity index (χ0v) is 11.0. The quantitative estimate of drug-likeness (QED) is 0.892. The summed E-state index contributed by atoms with van der Waals surface area (Å²) in [6.07, 6.45) is -3.39. The van der Waals surface area contributed by atoms with Crippen LogP contribution < -0.4 is 11.1 Å². The number of rotatable bonds is 4. The van der Waals surface area contributed by atoms with Gasteiger partial charge in [0.2, 0.25) is 16.0 Å². The fourth-order valence-electron chi connectivity index (χ4n) is 1.03. The van der Waals surface area contributed by atoms with Gasteiger partial charge in [0.15, 0.2) is 0 Å². The van der Waals surface area contributed by atoms with Gasteiger partial charge in [0.25, 0.3) is 0 Å². The number of carbonyl (C=O) groups is 1. The zero-order valence-electron chi connectivity index (χ0n) is 9.32. The molecule has 0 bridgehead atoms. The highest BCUT2D eigenvalue weighted by Gasteiger charge is 2.35. The zero-order chi connectivity index (χ0) is 13.1. The molecular formula is C8H12ClF3N4OS. The van der Waals surface area contributed by atoms with E-state index in [1.165, 1.54) is 0 Å². The highest BCUT2D eigenvalue weighted by molar-refractivity contribution is 7.15. The van der Waals surface area contributed by atoms with Crippen molar-refractivity contribution in [2.75, 3.05) is 5.32 Å². The molecule has 1 aromatic rings. The van der Waals surface area contributed by atoms with Gasteiger partial charge in [0, 0.05) is 0 Å². The normalized spacial score (nSPS) is 12.7. The largest absolute Gasteiger partial charge is 0.445 e. The summed E-state index contributed by atoms with van der Waals surface area (Å²) in [7, 11) is 0. The highest BCUT2D eigenvalue weighted by Crippen LogP contribution is 2.32. The van der Waals surface area contributed by atoms with Crippen LogP contribution in [0.3, 0.4) is 0 Å². The maximum Gasteiger partial charge on any atom is 0.445 e. The van der Waals surface area contributed by atoms with E-state index in [1.54, 1.807) is 0 Å². The maximum atomic E-state index is 12.2. The number of nitrogens with one attached hydrogen (secondary N) is 1. The van der Waals surface area contributed by atoms with E-state index in [2.05, 4.69) is 15.5 Å². The Morgan fingerprint density at radius 2 is 2.11 bits per heavy atom. The number of anilines is 1. The van der Waals surface area contributed by atoms with Gasteiger partial charge in [-0.1, -0.05) is 24.7 Å². The van der Waals surface area contributed by atoms with Gasteiger partial charge in [-0.25, -0.2) is 0 Å². The summed E-state index contributed by atoms with van der Waals surface area (Å²) in [5.41, 5.74) is 5.49. The second-order valence-electron chi connectivity index (χ2n) is 3.29. The third-order valence-corrected chi connectivity index (χ3v) is 2.72. The number of hydrogen-bond donors (Lipinski definition) is 2. The van der Waals surface area contributed by atoms with E-state index in [4.69, 9.17) is 5.73 Å². The average molecular weight is 305 g/mol. The molecule has 0 aliphatic heterocycles. The van der Waals surface area contributed by atoms with Crippen LogP contribution >= 0.6 is 23.7 Å². The Labute approximate surface area is 111 Å². The van der Waals surface area contributed by atoms with Crippen molar-refractivity contribution in [2.24, 2.45) is 5.73 Å². The molecule has 0 fully saturated rings. The van der Waals surface area contributed by atoms with Crippen molar-refractivity contribution in [2.45, 2.75) is 32.0 Å². The number of aromatic nitrogens is 2. The Kier molecular flexibility index (Phi) is 6.50. The second kappa shape index (κ2) is 6.86. The van der Waals surface area contributed by atoms with E-state index < -0.39 is 23.1 Å². The van der Waals surface area contributed by atoms with E-state index in [-0.39, 0.29) is 28.9 Å². The van der Waals surface area contributed by atoms with Gasteiger partial charge < -0.3 is 5.73 Å². The topological polar surface area (TPSA) is 80.9 Å². The second-order valence-corrected chi connectivity index (χ2v) is 4.27. The highest BCUT2D eigenvalue weighted by atomic mass is 35.5. The number of alkyl halides is 3. The van der Waals surface area contributed by atoms with Gasteiger partial charge in [-0.2, -0.15) is 13.2 Å². The van der Waals surface area contributed by atoms with Gasteiger partial charge in [0.1, 0.15) is 0 Å². The predicted octanol–water partition coefficient (Wildman–Crippen LogP) is 2.04. The van der Waals surface area contributed by atoms with E-state index >= 15 is 0 Å². The third kappa shape index (κ3) is 4.75. The van der Waals surface area contributed by atoms with Crippen molar-refractivity contribution in [3.8, 4) is 0 Å². The number of nitrogens with two attached hydrogens (primary N) is 1. The SMILES string of the molecule is CCCC(N)C(=O)Nc1nnc(C(F)(F)F)s1.Cl. The van der Waals surface area contributed by atoms with E-state index in [1.807, 2.05) is 6.92 Å². The van der Waals surface area contributed by atoms with Gasteiger partial charge in [0.05, 0.1) is 6.04 Å². The average Bonchev–Trinajstić information content (AvgIpc) is 2.66. The molecule has 1 heterocycles. The van der Waals surface area contributed by atoms with Crippen molar-refractivity contribution in [1.82, 2.24) is 10.2 Å². The molecule has 0 aromatic carbocycles. The Balaban J connectivity index is 0.00000289. The van der Waals surface area contributed by atoms with Crippen molar-refractivity contribution in [1.29, 1.82) is 0 Å². The Morgan fingerprint density at radius 1 is 1.50 bits per heavy atom. The van der Waals surface area contributed by atoms with Gasteiger partial charge in [-0.3, -0.25) is 10.1 Å². The van der Waals surface area contributed by atoms with Crippen LogP contribution in [0.2, 0.25) is 0 Å². The van der Waals surface area contributed by atoms with E-state index in [9.17, 15) is 18.0 Å². The fourth-order valence-corrected chi connectivity index (χ4v) is 1.64. The first-order valence-electron chi connectivity index (χ1n) is 4.81. The van der Waals surface area contributed by atoms with Crippen LogP contribution in [0.4, 0.5) is 18.3 Å². The molecule has 0 saturated carbocycles. The van der Waals surface area contributed by atoms with Crippen molar-refractivity contribution in [3.05, 3.63) is 5.01 Å². The van der Waals surface area contributed by atoms with Gasteiger partial charge >= 0.3 is 6.18 Å². The standard InChI is InChI=1S/C8H11F3N4OS.ClH/c1-2-3-4(12)5(16)13-7-15-14-6(17-7)8(9,10)11;/h4H,2-3,12H2,1H3,(H,13,15,16);1H. The van der Waals surface area contributed by atoms with Gasteiger partial charge in [-0.05, 0) is 6.42 Å². The molecule has 0 saturated heterocycles. The summed E-state index contributed by atoms with van der Waals surface area (Å²) in [4.78, 5) is 11.4. The van der Waals surface area contributed by atoms with Crippen LogP contribution in [0.25, 0.3) is 0 Å². The summed E-state index contributed by atoms with van der Waals surface area (Å²) in [6.45, 7) is 1.85. The van der Waals surface area contributed by atoms with Gasteiger partial charge in [-0.15, -0.1) is 22.6 Å². The third-order valence-electron chi connectivity index (χ3n) is 1.83. The maximum absolute atomic E-state index is 12.2. The molecule has 18 heavy (non-hydrogen) atoms. The summed E-state index contributed by atoms with van der Waals surface area (Å²) >= 11 is 0.269. The molecule has 0 radical (unpaired) electrons. The molecule has 1 aromatic heterocycles. The fraction of sp³-hybridized carbons (Fsp3) is 0.625. The molecule has 10 heteroatoms. The molecule has 0 aliphatic rings. The lowest BCUT2D eigenvalue weighted by atomic mass is 10.2. The summed E-state index contributed by atoms with van der Waals surface area (Å²) in [5, 5.41) is 7.06.